The molecular formula is C3H9AlO. The Morgan fingerprint density at radius 3 is 2.00 bits per heavy atom. The van der Waals surface area contributed by atoms with Crippen molar-refractivity contribution < 1.29 is 4.16 Å². The highest BCUT2D eigenvalue weighted by atomic mass is 27.2. The van der Waals surface area contributed by atoms with Gasteiger partial charge in [-0.15, -0.1) is 0 Å². The fourth-order valence-electron chi connectivity index (χ4n) is 0. The van der Waals surface area contributed by atoms with E-state index in [4.69, 9.17) is 4.16 Å². The highest BCUT2D eigenvalue weighted by molar-refractivity contribution is 6.48. The number of rotatable bonds is 1. The van der Waals surface area contributed by atoms with Crippen molar-refractivity contribution in [1.29, 1.82) is 0 Å². The predicted molar refractivity (Wildman–Crippen MR) is 24.3 cm³/mol. The Balaban J connectivity index is 2.54. The van der Waals surface area contributed by atoms with Gasteiger partial charge in [0, 0.05) is 0 Å². The summed E-state index contributed by atoms with van der Waals surface area (Å²) >= 11 is -1.15. The van der Waals surface area contributed by atoms with Gasteiger partial charge in [-0.2, -0.15) is 0 Å². The van der Waals surface area contributed by atoms with Crippen LogP contribution in [0.2, 0.25) is 11.1 Å². The zero-order valence-electron chi connectivity index (χ0n) is 3.73. The highest BCUT2D eigenvalue weighted by Crippen LogP contribution is 1.78. The second-order valence-corrected chi connectivity index (χ2v) is 3.77. The summed E-state index contributed by atoms with van der Waals surface area (Å²) in [4.78, 5) is 0. The van der Waals surface area contributed by atoms with Crippen molar-refractivity contribution in [2.24, 2.45) is 0 Å². The van der Waals surface area contributed by atoms with E-state index in [2.05, 4.69) is 0 Å². The monoisotopic (exact) mass is 88.0 g/mol. The van der Waals surface area contributed by atoms with E-state index in [1.54, 1.807) is 0 Å². The summed E-state index contributed by atoms with van der Waals surface area (Å²) < 4.78 is 8.50. The van der Waals surface area contributed by atoms with Crippen molar-refractivity contribution in [2.75, 3.05) is 0 Å². The number of hydrogen-bond donors (Lipinski definition) is 1. The Labute approximate surface area is 37.4 Å². The van der Waals surface area contributed by atoms with Gasteiger partial charge >= 0.3 is 14.5 Å². The molecule has 0 heterocycles. The lowest BCUT2D eigenvalue weighted by molar-refractivity contribution is 0.579. The van der Waals surface area contributed by atoms with Crippen LogP contribution in [0, 0.1) is 0 Å². The minimum absolute atomic E-state index is 1.00. The molecule has 30 valence electrons. The molecule has 0 fully saturated rings. The largest absolute Gasteiger partial charge is 0.516 e. The van der Waals surface area contributed by atoms with Gasteiger partial charge in [0.1, 0.15) is 0 Å². The zero-order chi connectivity index (χ0) is 4.28. The fraction of sp³-hybridized carbons (Fsp3) is 1.00. The van der Waals surface area contributed by atoms with Gasteiger partial charge in [-0.05, 0) is 0 Å². The summed E-state index contributed by atoms with van der Waals surface area (Å²) in [5.41, 5.74) is 0. The molecule has 0 bridgehead atoms. The van der Waals surface area contributed by atoms with Gasteiger partial charge in [0.15, 0.2) is 0 Å². The molecule has 0 aliphatic rings. The van der Waals surface area contributed by atoms with Gasteiger partial charge in [0.2, 0.25) is 0 Å². The smallest absolute Gasteiger partial charge is 0.454 e. The molecule has 0 atom stereocenters. The fourth-order valence-corrected chi connectivity index (χ4v) is 0. The maximum absolute atomic E-state index is 8.50. The molecule has 0 saturated heterocycles. The van der Waals surface area contributed by atoms with Crippen molar-refractivity contribution in [3.05, 3.63) is 0 Å². The number of hydrogen-bond acceptors (Lipinski definition) is 1. The zero-order valence-corrected chi connectivity index (χ0v) is 4.89. The second-order valence-electron chi connectivity index (χ2n) is 1.26. The molecule has 0 aromatic rings. The molecule has 0 spiro atoms. The van der Waals surface area contributed by atoms with Crippen LogP contribution in [0.5, 0.6) is 0 Å². The molecular weight excluding hydrogens is 79.0 g/mol. The Hall–Kier alpha value is 0.492. The first-order valence-electron chi connectivity index (χ1n) is 1.95. The average molecular weight is 88.1 g/mol. The van der Waals surface area contributed by atoms with E-state index >= 15 is 0 Å². The third kappa shape index (κ3) is 4.49. The molecule has 0 unspecified atom stereocenters. The second kappa shape index (κ2) is 2.72. The van der Waals surface area contributed by atoms with Crippen molar-refractivity contribution in [3.63, 3.8) is 0 Å². The Kier molecular flexibility index (Phi) is 2.98. The summed E-state index contributed by atoms with van der Waals surface area (Å²) in [6, 6.07) is 0. The first-order valence-corrected chi connectivity index (χ1v) is 4.44. The maximum Gasteiger partial charge on any atom is 0.454 e. The first kappa shape index (κ1) is 5.49. The molecule has 5 heavy (non-hydrogen) atoms. The van der Waals surface area contributed by atoms with Crippen molar-refractivity contribution in [1.82, 2.24) is 0 Å². The van der Waals surface area contributed by atoms with Crippen molar-refractivity contribution in [2.45, 2.75) is 18.0 Å². The molecule has 0 saturated carbocycles. The van der Waals surface area contributed by atoms with Crippen LogP contribution >= 0.6 is 0 Å². The summed E-state index contributed by atoms with van der Waals surface area (Å²) in [5, 5.41) is 1.00. The standard InChI is InChI=1S/C2H5.CH3.Al.H2O/c1-2;;;/h1H2,2H3;1H3;;1H2/q;;+1;/p-1. The molecule has 1 nitrogen and oxygen atoms in total. The quantitative estimate of drug-likeness (QED) is 0.466. The van der Waals surface area contributed by atoms with Crippen LogP contribution in [-0.2, 0) is 0 Å². The van der Waals surface area contributed by atoms with E-state index in [1.807, 2.05) is 12.7 Å². The van der Waals surface area contributed by atoms with Gasteiger partial charge in [0.25, 0.3) is 0 Å². The maximum atomic E-state index is 8.50. The van der Waals surface area contributed by atoms with E-state index in [0.717, 1.165) is 5.28 Å². The molecule has 1 N–H and O–H groups in total. The van der Waals surface area contributed by atoms with Crippen LogP contribution in [0.3, 0.4) is 0 Å². The lowest BCUT2D eigenvalue weighted by Gasteiger charge is -1.79. The van der Waals surface area contributed by atoms with E-state index < -0.39 is 14.5 Å². The Morgan fingerprint density at radius 1 is 1.80 bits per heavy atom. The third-order valence-corrected chi connectivity index (χ3v) is 1.77. The Bertz CT molecular complexity index is 20.9. The van der Waals surface area contributed by atoms with E-state index in [-0.39, 0.29) is 0 Å². The van der Waals surface area contributed by atoms with Crippen LogP contribution in [0.4, 0.5) is 0 Å². The predicted octanol–water partition coefficient (Wildman–Crippen LogP) is 0.620. The molecule has 0 amide bonds. The normalized spacial score (nSPS) is 7.80. The van der Waals surface area contributed by atoms with E-state index in [0.29, 0.717) is 0 Å². The van der Waals surface area contributed by atoms with E-state index in [1.165, 1.54) is 0 Å². The summed E-state index contributed by atoms with van der Waals surface area (Å²) in [6.07, 6.45) is 0. The van der Waals surface area contributed by atoms with E-state index in [9.17, 15) is 0 Å². The van der Waals surface area contributed by atoms with Gasteiger partial charge < -0.3 is 4.16 Å². The highest BCUT2D eigenvalue weighted by Gasteiger charge is 1.98. The SMILES string of the molecule is C[CH2][Al]([CH3])[OH]. The molecule has 0 rings (SSSR count). The topological polar surface area (TPSA) is 20.2 Å². The van der Waals surface area contributed by atoms with Crippen LogP contribution in [0.25, 0.3) is 0 Å². The van der Waals surface area contributed by atoms with Crippen LogP contribution in [0.1, 0.15) is 6.92 Å². The summed E-state index contributed by atoms with van der Waals surface area (Å²) in [7, 11) is 0. The van der Waals surface area contributed by atoms with Crippen LogP contribution in [0.15, 0.2) is 0 Å². The molecule has 2 heteroatoms. The van der Waals surface area contributed by atoms with Gasteiger partial charge in [-0.25, -0.2) is 0 Å². The molecule has 0 aromatic carbocycles. The summed E-state index contributed by atoms with van der Waals surface area (Å²) in [6.45, 7) is 2.01. The average Bonchev–Trinajstić information content (AvgIpc) is 1.38. The molecule has 0 aliphatic heterocycles. The minimum atomic E-state index is -1.15. The summed E-state index contributed by atoms with van der Waals surface area (Å²) in [5.74, 6) is 1.92. The lowest BCUT2D eigenvalue weighted by atomic mass is 11.0. The third-order valence-electron chi connectivity index (χ3n) is 0.591. The van der Waals surface area contributed by atoms with Crippen LogP contribution < -0.4 is 0 Å². The van der Waals surface area contributed by atoms with Crippen LogP contribution in [-0.4, -0.2) is 18.6 Å². The van der Waals surface area contributed by atoms with Crippen molar-refractivity contribution >= 4 is 14.5 Å². The Morgan fingerprint density at radius 2 is 2.00 bits per heavy atom. The van der Waals surface area contributed by atoms with Crippen molar-refractivity contribution in [3.8, 4) is 0 Å². The van der Waals surface area contributed by atoms with Gasteiger partial charge in [-0.1, -0.05) is 18.0 Å². The molecule has 0 aromatic heterocycles. The lowest BCUT2D eigenvalue weighted by Crippen LogP contribution is -1.99. The first-order chi connectivity index (χ1) is 2.27. The molecule has 0 radical (unpaired) electrons. The minimum Gasteiger partial charge on any atom is -0.516 e. The van der Waals surface area contributed by atoms with Gasteiger partial charge in [0.05, 0.1) is 0 Å². The van der Waals surface area contributed by atoms with Gasteiger partial charge in [-0.3, -0.25) is 0 Å². The molecule has 0 aliphatic carbocycles.